The van der Waals surface area contributed by atoms with E-state index < -0.39 is 0 Å². The molecule has 0 aliphatic carbocycles. The molecule has 2 aromatic rings. The van der Waals surface area contributed by atoms with Crippen molar-refractivity contribution in [2.75, 3.05) is 7.11 Å². The first-order chi connectivity index (χ1) is 7.70. The number of methoxy groups -OCH3 is 1. The van der Waals surface area contributed by atoms with Crippen molar-refractivity contribution in [1.82, 2.24) is 0 Å². The standard InChI is InChI=1S/C14H13ClO/c1-10-3-4-12(9-14(10)16-2)11-5-7-13(15)8-6-11/h3-9H,1-2H3. The molecule has 2 rings (SSSR count). The zero-order valence-electron chi connectivity index (χ0n) is 9.33. The highest BCUT2D eigenvalue weighted by molar-refractivity contribution is 6.30. The lowest BCUT2D eigenvalue weighted by Gasteiger charge is -2.07. The van der Waals surface area contributed by atoms with Gasteiger partial charge in [0.05, 0.1) is 7.11 Å². The van der Waals surface area contributed by atoms with E-state index in [0.717, 1.165) is 27.5 Å². The molecule has 0 aliphatic heterocycles. The summed E-state index contributed by atoms with van der Waals surface area (Å²) < 4.78 is 5.30. The molecular weight excluding hydrogens is 220 g/mol. The van der Waals surface area contributed by atoms with Crippen LogP contribution in [0.5, 0.6) is 5.75 Å². The Bertz CT molecular complexity index is 489. The lowest BCUT2D eigenvalue weighted by atomic mass is 10.0. The molecule has 0 saturated heterocycles. The summed E-state index contributed by atoms with van der Waals surface area (Å²) in [5, 5.41) is 0.753. The lowest BCUT2D eigenvalue weighted by molar-refractivity contribution is 0.412. The zero-order chi connectivity index (χ0) is 11.5. The number of aryl methyl sites for hydroxylation is 1. The normalized spacial score (nSPS) is 10.2. The molecule has 0 unspecified atom stereocenters. The molecule has 0 heterocycles. The Kier molecular flexibility index (Phi) is 3.16. The van der Waals surface area contributed by atoms with Crippen LogP contribution in [0.4, 0.5) is 0 Å². The quantitative estimate of drug-likeness (QED) is 0.749. The predicted octanol–water partition coefficient (Wildman–Crippen LogP) is 4.32. The van der Waals surface area contributed by atoms with E-state index in [-0.39, 0.29) is 0 Å². The van der Waals surface area contributed by atoms with Crippen LogP contribution in [0.2, 0.25) is 5.02 Å². The topological polar surface area (TPSA) is 9.23 Å². The monoisotopic (exact) mass is 232 g/mol. The van der Waals surface area contributed by atoms with Gasteiger partial charge in [-0.15, -0.1) is 0 Å². The average molecular weight is 233 g/mol. The Morgan fingerprint density at radius 2 is 1.56 bits per heavy atom. The molecule has 16 heavy (non-hydrogen) atoms. The Balaban J connectivity index is 2.44. The first kappa shape index (κ1) is 11.0. The van der Waals surface area contributed by atoms with Crippen molar-refractivity contribution in [1.29, 1.82) is 0 Å². The molecule has 0 aliphatic rings. The van der Waals surface area contributed by atoms with Gasteiger partial charge in [0.2, 0.25) is 0 Å². The zero-order valence-corrected chi connectivity index (χ0v) is 10.1. The summed E-state index contributed by atoms with van der Waals surface area (Å²) in [6.07, 6.45) is 0. The number of hydrogen-bond acceptors (Lipinski definition) is 1. The maximum absolute atomic E-state index is 5.86. The van der Waals surface area contributed by atoms with Crippen LogP contribution in [0.3, 0.4) is 0 Å². The average Bonchev–Trinajstić information content (AvgIpc) is 2.31. The fourth-order valence-electron chi connectivity index (χ4n) is 1.64. The number of benzene rings is 2. The Morgan fingerprint density at radius 1 is 0.938 bits per heavy atom. The Labute approximate surface area is 101 Å². The van der Waals surface area contributed by atoms with Crippen LogP contribution in [0.25, 0.3) is 11.1 Å². The number of rotatable bonds is 2. The van der Waals surface area contributed by atoms with Crippen molar-refractivity contribution in [3.63, 3.8) is 0 Å². The first-order valence-corrected chi connectivity index (χ1v) is 5.49. The van der Waals surface area contributed by atoms with Crippen LogP contribution < -0.4 is 4.74 Å². The Hall–Kier alpha value is -1.47. The smallest absolute Gasteiger partial charge is 0.122 e. The highest BCUT2D eigenvalue weighted by Crippen LogP contribution is 2.27. The Morgan fingerprint density at radius 3 is 2.19 bits per heavy atom. The van der Waals surface area contributed by atoms with E-state index in [1.54, 1.807) is 7.11 Å². The molecule has 0 aromatic heterocycles. The van der Waals surface area contributed by atoms with Crippen LogP contribution in [0.15, 0.2) is 42.5 Å². The summed E-state index contributed by atoms with van der Waals surface area (Å²) >= 11 is 5.86. The summed E-state index contributed by atoms with van der Waals surface area (Å²) in [6.45, 7) is 2.03. The van der Waals surface area contributed by atoms with Crippen LogP contribution >= 0.6 is 11.6 Å². The number of halogens is 1. The fourth-order valence-corrected chi connectivity index (χ4v) is 1.77. The van der Waals surface area contributed by atoms with Gasteiger partial charge < -0.3 is 4.74 Å². The van der Waals surface area contributed by atoms with Gasteiger partial charge in [0.1, 0.15) is 5.75 Å². The van der Waals surface area contributed by atoms with Gasteiger partial charge in [-0.25, -0.2) is 0 Å². The van der Waals surface area contributed by atoms with E-state index in [1.165, 1.54) is 0 Å². The van der Waals surface area contributed by atoms with Crippen molar-refractivity contribution in [3.8, 4) is 16.9 Å². The number of hydrogen-bond donors (Lipinski definition) is 0. The lowest BCUT2D eigenvalue weighted by Crippen LogP contribution is -1.87. The molecule has 0 bridgehead atoms. The van der Waals surface area contributed by atoms with Crippen LogP contribution in [0.1, 0.15) is 5.56 Å². The molecule has 0 saturated carbocycles. The van der Waals surface area contributed by atoms with Crippen molar-refractivity contribution < 1.29 is 4.74 Å². The minimum absolute atomic E-state index is 0.753. The molecule has 0 N–H and O–H groups in total. The predicted molar refractivity (Wildman–Crippen MR) is 68.2 cm³/mol. The summed E-state index contributed by atoms with van der Waals surface area (Å²) in [4.78, 5) is 0. The maximum Gasteiger partial charge on any atom is 0.122 e. The van der Waals surface area contributed by atoms with Crippen molar-refractivity contribution in [3.05, 3.63) is 53.1 Å². The van der Waals surface area contributed by atoms with Crippen LogP contribution in [-0.4, -0.2) is 7.11 Å². The second-order valence-corrected chi connectivity index (χ2v) is 4.13. The minimum atomic E-state index is 0.753. The SMILES string of the molecule is COc1cc(-c2ccc(Cl)cc2)ccc1C. The molecule has 2 aromatic carbocycles. The van der Waals surface area contributed by atoms with E-state index >= 15 is 0 Å². The van der Waals surface area contributed by atoms with Gasteiger partial charge in [0.15, 0.2) is 0 Å². The molecule has 0 fully saturated rings. The van der Waals surface area contributed by atoms with E-state index in [0.29, 0.717) is 0 Å². The molecular formula is C14H13ClO. The molecule has 0 radical (unpaired) electrons. The van der Waals surface area contributed by atoms with Crippen molar-refractivity contribution in [2.24, 2.45) is 0 Å². The van der Waals surface area contributed by atoms with Gasteiger partial charge in [0, 0.05) is 5.02 Å². The molecule has 82 valence electrons. The molecule has 0 amide bonds. The van der Waals surface area contributed by atoms with Gasteiger partial charge in [0.25, 0.3) is 0 Å². The van der Waals surface area contributed by atoms with E-state index in [9.17, 15) is 0 Å². The highest BCUT2D eigenvalue weighted by Gasteiger charge is 2.02. The largest absolute Gasteiger partial charge is 0.496 e. The fraction of sp³-hybridized carbons (Fsp3) is 0.143. The van der Waals surface area contributed by atoms with Crippen LogP contribution in [-0.2, 0) is 0 Å². The third-order valence-corrected chi connectivity index (χ3v) is 2.84. The van der Waals surface area contributed by atoms with Gasteiger partial charge in [-0.1, -0.05) is 35.9 Å². The van der Waals surface area contributed by atoms with Gasteiger partial charge in [-0.3, -0.25) is 0 Å². The second-order valence-electron chi connectivity index (χ2n) is 3.69. The molecule has 0 spiro atoms. The number of ether oxygens (including phenoxy) is 1. The summed E-state index contributed by atoms with van der Waals surface area (Å²) in [5.74, 6) is 0.910. The van der Waals surface area contributed by atoms with Gasteiger partial charge >= 0.3 is 0 Å². The van der Waals surface area contributed by atoms with Crippen molar-refractivity contribution in [2.45, 2.75) is 6.92 Å². The van der Waals surface area contributed by atoms with Crippen LogP contribution in [0, 0.1) is 6.92 Å². The highest BCUT2D eigenvalue weighted by atomic mass is 35.5. The second kappa shape index (κ2) is 4.58. The van der Waals surface area contributed by atoms with E-state index in [4.69, 9.17) is 16.3 Å². The maximum atomic E-state index is 5.86. The summed E-state index contributed by atoms with van der Waals surface area (Å²) in [5.41, 5.74) is 3.42. The molecule has 2 heteroatoms. The summed E-state index contributed by atoms with van der Waals surface area (Å²) in [7, 11) is 1.69. The molecule has 0 atom stereocenters. The van der Waals surface area contributed by atoms with E-state index in [2.05, 4.69) is 12.1 Å². The van der Waals surface area contributed by atoms with Gasteiger partial charge in [-0.2, -0.15) is 0 Å². The third kappa shape index (κ3) is 2.20. The van der Waals surface area contributed by atoms with Gasteiger partial charge in [-0.05, 0) is 41.8 Å². The van der Waals surface area contributed by atoms with E-state index in [1.807, 2.05) is 37.3 Å². The first-order valence-electron chi connectivity index (χ1n) is 5.11. The summed E-state index contributed by atoms with van der Waals surface area (Å²) in [6, 6.07) is 14.0. The van der Waals surface area contributed by atoms with Crippen molar-refractivity contribution >= 4 is 11.6 Å². The third-order valence-electron chi connectivity index (χ3n) is 2.59. The molecule has 1 nitrogen and oxygen atoms in total. The minimum Gasteiger partial charge on any atom is -0.496 e.